The molecule has 2 aromatic rings. The number of fused-ring (bicyclic) bond motifs is 1. The zero-order valence-corrected chi connectivity index (χ0v) is 14.0. The van der Waals surface area contributed by atoms with Gasteiger partial charge < -0.3 is 10.2 Å². The first-order valence-corrected chi connectivity index (χ1v) is 8.30. The van der Waals surface area contributed by atoms with Crippen LogP contribution in [0.25, 0.3) is 11.3 Å². The third-order valence-corrected chi connectivity index (χ3v) is 5.02. The number of aryl methyl sites for hydroxylation is 1. The fourth-order valence-corrected chi connectivity index (χ4v) is 3.81. The van der Waals surface area contributed by atoms with Crippen molar-refractivity contribution in [1.82, 2.24) is 29.9 Å². The van der Waals surface area contributed by atoms with Crippen molar-refractivity contribution in [3.8, 4) is 11.3 Å². The summed E-state index contributed by atoms with van der Waals surface area (Å²) in [6, 6.07) is 4.56. The Labute approximate surface area is 141 Å². The van der Waals surface area contributed by atoms with E-state index in [4.69, 9.17) is 0 Å². The Balaban J connectivity index is 1.52. The minimum atomic E-state index is 0.0456. The van der Waals surface area contributed by atoms with Crippen LogP contribution in [0, 0.1) is 0 Å². The minimum Gasteiger partial charge on any atom is -0.332 e. The lowest BCUT2D eigenvalue weighted by molar-refractivity contribution is 0.147. The summed E-state index contributed by atoms with van der Waals surface area (Å²) in [6.45, 7) is 2.70. The van der Waals surface area contributed by atoms with Crippen LogP contribution in [0.3, 0.4) is 0 Å². The van der Waals surface area contributed by atoms with Gasteiger partial charge in [-0.2, -0.15) is 5.10 Å². The molecule has 0 bridgehead atoms. The van der Waals surface area contributed by atoms with Crippen LogP contribution >= 0.6 is 0 Å². The van der Waals surface area contributed by atoms with Gasteiger partial charge in [0.2, 0.25) is 0 Å². The van der Waals surface area contributed by atoms with Crippen LogP contribution < -0.4 is 5.32 Å². The Morgan fingerprint density at radius 1 is 1.38 bits per heavy atom. The number of aromatic nitrogens is 3. The van der Waals surface area contributed by atoms with Gasteiger partial charge in [0.15, 0.2) is 0 Å². The standard InChI is InChI=1S/C17H22N6O/c1-21-9-13(16(20-21)12-4-3-6-18-8-12)10-23-7-5-15-14(11-23)19-17(24)22(15)2/h3-4,6,8-9,14-15H,5,7,10-11H2,1-2H3,(H,19,24)/t14-,15+/m1/s1. The predicted octanol–water partition coefficient (Wildman–Crippen LogP) is 1.08. The molecule has 4 heterocycles. The van der Waals surface area contributed by atoms with Gasteiger partial charge in [-0.05, 0) is 18.6 Å². The number of likely N-dealkylation sites (tertiary alicyclic amines) is 1. The van der Waals surface area contributed by atoms with Gasteiger partial charge in [-0.1, -0.05) is 0 Å². The van der Waals surface area contributed by atoms with Crippen LogP contribution in [0.2, 0.25) is 0 Å². The molecule has 7 heteroatoms. The fourth-order valence-electron chi connectivity index (χ4n) is 3.81. The molecule has 0 spiro atoms. The molecule has 1 N–H and O–H groups in total. The average Bonchev–Trinajstić information content (AvgIpc) is 3.08. The number of rotatable bonds is 3. The summed E-state index contributed by atoms with van der Waals surface area (Å²) in [5.74, 6) is 0. The Hall–Kier alpha value is -2.41. The average molecular weight is 326 g/mol. The monoisotopic (exact) mass is 326 g/mol. The molecule has 0 radical (unpaired) electrons. The number of amides is 2. The lowest BCUT2D eigenvalue weighted by Gasteiger charge is -2.35. The van der Waals surface area contributed by atoms with Crippen LogP contribution in [0.15, 0.2) is 30.7 Å². The van der Waals surface area contributed by atoms with E-state index in [2.05, 4.69) is 26.5 Å². The molecular formula is C17H22N6O. The maximum atomic E-state index is 11.8. The van der Waals surface area contributed by atoms with Gasteiger partial charge in [0, 0.05) is 63.4 Å². The molecule has 2 aromatic heterocycles. The topological polar surface area (TPSA) is 66.3 Å². The Kier molecular flexibility index (Phi) is 3.72. The molecule has 0 saturated carbocycles. The van der Waals surface area contributed by atoms with E-state index >= 15 is 0 Å². The highest BCUT2D eigenvalue weighted by molar-refractivity contribution is 5.77. The van der Waals surface area contributed by atoms with Crippen molar-refractivity contribution in [3.05, 3.63) is 36.3 Å². The second-order valence-corrected chi connectivity index (χ2v) is 6.68. The molecule has 2 fully saturated rings. The van der Waals surface area contributed by atoms with Crippen molar-refractivity contribution in [3.63, 3.8) is 0 Å². The van der Waals surface area contributed by atoms with Crippen molar-refractivity contribution < 1.29 is 4.79 Å². The van der Waals surface area contributed by atoms with Crippen LogP contribution in [0.4, 0.5) is 4.79 Å². The number of hydrogen-bond donors (Lipinski definition) is 1. The van der Waals surface area contributed by atoms with E-state index in [1.165, 1.54) is 5.56 Å². The summed E-state index contributed by atoms with van der Waals surface area (Å²) >= 11 is 0. The summed E-state index contributed by atoms with van der Waals surface area (Å²) in [6.07, 6.45) is 6.70. The lowest BCUT2D eigenvalue weighted by Crippen LogP contribution is -2.50. The zero-order chi connectivity index (χ0) is 16.7. The fraction of sp³-hybridized carbons (Fsp3) is 0.471. The number of urea groups is 1. The smallest absolute Gasteiger partial charge is 0.317 e. The number of carbonyl (C=O) groups is 1. The number of piperidine rings is 1. The predicted molar refractivity (Wildman–Crippen MR) is 90.2 cm³/mol. The van der Waals surface area contributed by atoms with E-state index in [0.717, 1.165) is 37.3 Å². The Morgan fingerprint density at radius 2 is 2.25 bits per heavy atom. The number of hydrogen-bond acceptors (Lipinski definition) is 4. The van der Waals surface area contributed by atoms with E-state index in [9.17, 15) is 4.79 Å². The first-order valence-electron chi connectivity index (χ1n) is 8.30. The van der Waals surface area contributed by atoms with Crippen LogP contribution in [-0.2, 0) is 13.6 Å². The van der Waals surface area contributed by atoms with Gasteiger partial charge in [0.1, 0.15) is 0 Å². The quantitative estimate of drug-likeness (QED) is 0.917. The summed E-state index contributed by atoms with van der Waals surface area (Å²) in [7, 11) is 3.83. The Morgan fingerprint density at radius 3 is 3.04 bits per heavy atom. The first kappa shape index (κ1) is 15.1. The number of carbonyl (C=O) groups excluding carboxylic acids is 1. The highest BCUT2D eigenvalue weighted by atomic mass is 16.2. The van der Waals surface area contributed by atoms with Gasteiger partial charge >= 0.3 is 6.03 Å². The number of nitrogens with zero attached hydrogens (tertiary/aromatic N) is 5. The third kappa shape index (κ3) is 2.65. The van der Waals surface area contributed by atoms with E-state index in [-0.39, 0.29) is 12.1 Å². The summed E-state index contributed by atoms with van der Waals surface area (Å²) in [5.41, 5.74) is 3.22. The highest BCUT2D eigenvalue weighted by Gasteiger charge is 2.40. The summed E-state index contributed by atoms with van der Waals surface area (Å²) < 4.78 is 1.86. The Bertz CT molecular complexity index is 743. The van der Waals surface area contributed by atoms with Gasteiger partial charge in [-0.3, -0.25) is 14.6 Å². The molecule has 0 aliphatic carbocycles. The van der Waals surface area contributed by atoms with E-state index in [0.29, 0.717) is 6.04 Å². The zero-order valence-electron chi connectivity index (χ0n) is 14.0. The van der Waals surface area contributed by atoms with Crippen LogP contribution in [0.5, 0.6) is 0 Å². The molecule has 7 nitrogen and oxygen atoms in total. The maximum Gasteiger partial charge on any atom is 0.317 e. The second-order valence-electron chi connectivity index (χ2n) is 6.68. The van der Waals surface area contributed by atoms with Crippen molar-refractivity contribution >= 4 is 6.03 Å². The molecular weight excluding hydrogens is 304 g/mol. The molecule has 126 valence electrons. The second kappa shape index (κ2) is 5.90. The van der Waals surface area contributed by atoms with E-state index in [1.54, 1.807) is 6.20 Å². The summed E-state index contributed by atoms with van der Waals surface area (Å²) in [4.78, 5) is 20.3. The van der Waals surface area contributed by atoms with Gasteiger partial charge in [-0.25, -0.2) is 4.79 Å². The SMILES string of the molecule is CN1C(=O)N[C@@H]2CN(Cc3cn(C)nc3-c3cccnc3)CC[C@@H]21. The maximum absolute atomic E-state index is 11.8. The van der Waals surface area contributed by atoms with Crippen molar-refractivity contribution in [2.24, 2.45) is 7.05 Å². The van der Waals surface area contributed by atoms with Crippen molar-refractivity contribution in [2.45, 2.75) is 25.0 Å². The first-order chi connectivity index (χ1) is 11.6. The molecule has 0 unspecified atom stereocenters. The van der Waals surface area contributed by atoms with E-state index in [1.807, 2.05) is 42.0 Å². The number of pyridine rings is 1. The largest absolute Gasteiger partial charge is 0.332 e. The number of nitrogens with one attached hydrogen (secondary N) is 1. The summed E-state index contributed by atoms with van der Waals surface area (Å²) in [5, 5.41) is 7.70. The van der Waals surface area contributed by atoms with E-state index < -0.39 is 0 Å². The van der Waals surface area contributed by atoms with Gasteiger partial charge in [-0.15, -0.1) is 0 Å². The lowest BCUT2D eigenvalue weighted by atomic mass is 9.99. The third-order valence-electron chi connectivity index (χ3n) is 5.02. The molecule has 0 aromatic carbocycles. The van der Waals surface area contributed by atoms with Crippen molar-refractivity contribution in [2.75, 3.05) is 20.1 Å². The van der Waals surface area contributed by atoms with Gasteiger partial charge in [0.05, 0.1) is 17.8 Å². The van der Waals surface area contributed by atoms with Gasteiger partial charge in [0.25, 0.3) is 0 Å². The molecule has 4 rings (SSSR count). The molecule has 2 aliphatic heterocycles. The highest BCUT2D eigenvalue weighted by Crippen LogP contribution is 2.26. The minimum absolute atomic E-state index is 0.0456. The molecule has 2 saturated heterocycles. The molecule has 24 heavy (non-hydrogen) atoms. The molecule has 2 aliphatic rings. The number of likely N-dealkylation sites (N-methyl/N-ethyl adjacent to an activating group) is 1. The van der Waals surface area contributed by atoms with Crippen molar-refractivity contribution in [1.29, 1.82) is 0 Å². The normalized spacial score (nSPS) is 24.1. The van der Waals surface area contributed by atoms with Crippen LogP contribution in [-0.4, -0.2) is 62.8 Å². The molecule has 2 atom stereocenters. The van der Waals surface area contributed by atoms with Crippen LogP contribution in [0.1, 0.15) is 12.0 Å². The molecule has 2 amide bonds.